The molecule has 0 fully saturated rings. The summed E-state index contributed by atoms with van der Waals surface area (Å²) in [7, 11) is 0. The summed E-state index contributed by atoms with van der Waals surface area (Å²) in [4.78, 5) is 9.16. The molecule has 0 amide bonds. The maximum absolute atomic E-state index is 6.03. The molecule has 0 saturated carbocycles. The van der Waals surface area contributed by atoms with Crippen LogP contribution in [0, 0.1) is 5.92 Å². The highest BCUT2D eigenvalue weighted by Crippen LogP contribution is 2.31. The number of benzene rings is 2. The van der Waals surface area contributed by atoms with E-state index in [0.29, 0.717) is 12.5 Å². The minimum Gasteiger partial charge on any atom is -0.475 e. The second-order valence-corrected chi connectivity index (χ2v) is 7.14. The molecule has 4 rings (SSSR count). The molecule has 0 N–H and O–H groups in total. The van der Waals surface area contributed by atoms with E-state index in [4.69, 9.17) is 9.73 Å². The lowest BCUT2D eigenvalue weighted by Crippen LogP contribution is -2.39. The fourth-order valence-corrected chi connectivity index (χ4v) is 3.30. The Morgan fingerprint density at radius 2 is 1.69 bits per heavy atom. The van der Waals surface area contributed by atoms with Crippen molar-refractivity contribution in [1.29, 1.82) is 0 Å². The summed E-state index contributed by atoms with van der Waals surface area (Å²) in [6.45, 7) is 5.77. The Labute approximate surface area is 154 Å². The predicted octanol–water partition coefficient (Wildman–Crippen LogP) is 4.42. The van der Waals surface area contributed by atoms with Crippen LogP contribution in [-0.4, -0.2) is 27.6 Å². The van der Waals surface area contributed by atoms with Gasteiger partial charge < -0.3 is 9.30 Å². The number of imidazole rings is 1. The van der Waals surface area contributed by atoms with Crippen LogP contribution in [0.1, 0.15) is 19.4 Å². The zero-order valence-corrected chi connectivity index (χ0v) is 15.2. The lowest BCUT2D eigenvalue weighted by Gasteiger charge is -2.28. The van der Waals surface area contributed by atoms with Crippen molar-refractivity contribution < 1.29 is 4.74 Å². The van der Waals surface area contributed by atoms with E-state index < -0.39 is 0 Å². The van der Waals surface area contributed by atoms with E-state index in [1.165, 1.54) is 11.1 Å². The SMILES string of the molecule is CC(C)C1(Cn2ccnc2)COC(c2ccc(-c3ccccc3)cc2)=N1. The van der Waals surface area contributed by atoms with Crippen LogP contribution >= 0.6 is 0 Å². The molecule has 0 bridgehead atoms. The number of hydrogen-bond donors (Lipinski definition) is 0. The maximum Gasteiger partial charge on any atom is 0.216 e. The average molecular weight is 345 g/mol. The van der Waals surface area contributed by atoms with Gasteiger partial charge in [-0.2, -0.15) is 0 Å². The lowest BCUT2D eigenvalue weighted by molar-refractivity contribution is 0.187. The highest BCUT2D eigenvalue weighted by molar-refractivity contribution is 5.96. The Hall–Kier alpha value is -2.88. The Balaban J connectivity index is 1.60. The van der Waals surface area contributed by atoms with Crippen LogP contribution in [0.15, 0.2) is 78.3 Å². The maximum atomic E-state index is 6.03. The van der Waals surface area contributed by atoms with Crippen LogP contribution in [0.5, 0.6) is 0 Å². The monoisotopic (exact) mass is 345 g/mol. The Kier molecular flexibility index (Phi) is 4.33. The van der Waals surface area contributed by atoms with Crippen LogP contribution in [0.3, 0.4) is 0 Å². The van der Waals surface area contributed by atoms with E-state index >= 15 is 0 Å². The smallest absolute Gasteiger partial charge is 0.216 e. The van der Waals surface area contributed by atoms with Gasteiger partial charge in [-0.1, -0.05) is 56.3 Å². The van der Waals surface area contributed by atoms with Gasteiger partial charge in [0.15, 0.2) is 0 Å². The molecule has 1 aliphatic heterocycles. The van der Waals surface area contributed by atoms with Gasteiger partial charge in [-0.15, -0.1) is 0 Å². The molecule has 2 heterocycles. The van der Waals surface area contributed by atoms with Gasteiger partial charge in [-0.05, 0) is 29.2 Å². The molecule has 4 nitrogen and oxygen atoms in total. The standard InChI is InChI=1S/C22H23N3O/c1-17(2)22(14-25-13-12-23-16-25)15-26-21(24-22)20-10-8-19(9-11-20)18-6-4-3-5-7-18/h3-13,16-17H,14-15H2,1-2H3. The zero-order valence-electron chi connectivity index (χ0n) is 15.2. The minimum atomic E-state index is -0.256. The third-order valence-electron chi connectivity index (χ3n) is 5.11. The van der Waals surface area contributed by atoms with Gasteiger partial charge in [0.2, 0.25) is 5.90 Å². The topological polar surface area (TPSA) is 39.4 Å². The molecule has 132 valence electrons. The van der Waals surface area contributed by atoms with E-state index in [-0.39, 0.29) is 5.54 Å². The van der Waals surface area contributed by atoms with E-state index in [1.807, 2.05) is 18.6 Å². The minimum absolute atomic E-state index is 0.256. The number of nitrogens with zero attached hydrogens (tertiary/aromatic N) is 3. The van der Waals surface area contributed by atoms with Gasteiger partial charge >= 0.3 is 0 Å². The van der Waals surface area contributed by atoms with Crippen molar-refractivity contribution in [3.8, 4) is 11.1 Å². The highest BCUT2D eigenvalue weighted by atomic mass is 16.5. The van der Waals surface area contributed by atoms with Gasteiger partial charge in [-0.25, -0.2) is 9.98 Å². The molecule has 1 unspecified atom stereocenters. The third-order valence-corrected chi connectivity index (χ3v) is 5.11. The van der Waals surface area contributed by atoms with Crippen LogP contribution in [0.2, 0.25) is 0 Å². The fraction of sp³-hybridized carbons (Fsp3) is 0.273. The van der Waals surface area contributed by atoms with Crippen molar-refractivity contribution in [3.63, 3.8) is 0 Å². The van der Waals surface area contributed by atoms with Gasteiger partial charge in [0.05, 0.1) is 12.9 Å². The molecule has 2 aromatic carbocycles. The Morgan fingerprint density at radius 3 is 2.35 bits per heavy atom. The van der Waals surface area contributed by atoms with Gasteiger partial charge in [0, 0.05) is 18.0 Å². The number of ether oxygens (including phenoxy) is 1. The van der Waals surface area contributed by atoms with E-state index in [1.54, 1.807) is 6.20 Å². The predicted molar refractivity (Wildman–Crippen MR) is 104 cm³/mol. The molecule has 26 heavy (non-hydrogen) atoms. The normalized spacial score (nSPS) is 19.4. The summed E-state index contributed by atoms with van der Waals surface area (Å²) in [6.07, 6.45) is 5.62. The molecule has 1 aromatic heterocycles. The van der Waals surface area contributed by atoms with Gasteiger partial charge in [-0.3, -0.25) is 0 Å². The summed E-state index contributed by atoms with van der Waals surface area (Å²) >= 11 is 0. The van der Waals surface area contributed by atoms with Crippen molar-refractivity contribution in [2.45, 2.75) is 25.9 Å². The number of hydrogen-bond acceptors (Lipinski definition) is 3. The first-order valence-corrected chi connectivity index (χ1v) is 9.00. The summed E-state index contributed by atoms with van der Waals surface area (Å²) in [6, 6.07) is 18.8. The van der Waals surface area contributed by atoms with E-state index in [0.717, 1.165) is 18.0 Å². The molecule has 0 aliphatic carbocycles. The zero-order chi connectivity index (χ0) is 18.0. The molecular formula is C22H23N3O. The summed E-state index contributed by atoms with van der Waals surface area (Å²) in [5, 5.41) is 0. The van der Waals surface area contributed by atoms with Crippen LogP contribution in [0.4, 0.5) is 0 Å². The molecule has 4 heteroatoms. The molecule has 0 saturated heterocycles. The van der Waals surface area contributed by atoms with E-state index in [2.05, 4.69) is 71.9 Å². The quantitative estimate of drug-likeness (QED) is 0.686. The molecule has 1 aliphatic rings. The van der Waals surface area contributed by atoms with Gasteiger partial charge in [0.25, 0.3) is 0 Å². The van der Waals surface area contributed by atoms with Crippen molar-refractivity contribution in [3.05, 3.63) is 78.9 Å². The van der Waals surface area contributed by atoms with Crippen molar-refractivity contribution in [1.82, 2.24) is 9.55 Å². The second-order valence-electron chi connectivity index (χ2n) is 7.14. The summed E-state index contributed by atoms with van der Waals surface area (Å²) in [5.74, 6) is 1.10. The molecule has 3 aromatic rings. The molecular weight excluding hydrogens is 322 g/mol. The Morgan fingerprint density at radius 1 is 1.00 bits per heavy atom. The first-order chi connectivity index (χ1) is 12.7. The third kappa shape index (κ3) is 3.15. The van der Waals surface area contributed by atoms with E-state index in [9.17, 15) is 0 Å². The molecule has 0 spiro atoms. The van der Waals surface area contributed by atoms with Crippen LogP contribution in [0.25, 0.3) is 11.1 Å². The average Bonchev–Trinajstić information content (AvgIpc) is 3.34. The second kappa shape index (κ2) is 6.79. The largest absolute Gasteiger partial charge is 0.475 e. The van der Waals surface area contributed by atoms with Crippen molar-refractivity contribution >= 4 is 5.90 Å². The van der Waals surface area contributed by atoms with Crippen LogP contribution in [-0.2, 0) is 11.3 Å². The summed E-state index contributed by atoms with van der Waals surface area (Å²) < 4.78 is 8.10. The Bertz CT molecular complexity index is 883. The first-order valence-electron chi connectivity index (χ1n) is 9.00. The van der Waals surface area contributed by atoms with Crippen molar-refractivity contribution in [2.24, 2.45) is 10.9 Å². The lowest BCUT2D eigenvalue weighted by atomic mass is 9.88. The van der Waals surface area contributed by atoms with Crippen molar-refractivity contribution in [2.75, 3.05) is 6.61 Å². The highest BCUT2D eigenvalue weighted by Gasteiger charge is 2.40. The van der Waals surface area contributed by atoms with Crippen LogP contribution < -0.4 is 0 Å². The summed E-state index contributed by atoms with van der Waals surface area (Å²) in [5.41, 5.74) is 3.18. The number of aliphatic imine (C=N–C) groups is 1. The first kappa shape index (κ1) is 16.6. The molecule has 0 radical (unpaired) electrons. The fourth-order valence-electron chi connectivity index (χ4n) is 3.30. The molecule has 1 atom stereocenters. The number of rotatable bonds is 5. The van der Waals surface area contributed by atoms with Gasteiger partial charge in [0.1, 0.15) is 12.1 Å². The number of aromatic nitrogens is 2.